The molecule has 3 aromatic carbocycles. The Morgan fingerprint density at radius 2 is 1.32 bits per heavy atom. The molecular weight excluding hydrogens is 384 g/mol. The van der Waals surface area contributed by atoms with Crippen LogP contribution >= 0.6 is 0 Å². The van der Waals surface area contributed by atoms with E-state index in [9.17, 15) is 9.90 Å². The molecule has 1 atom stereocenters. The lowest BCUT2D eigenvalue weighted by molar-refractivity contribution is -0.144. The number of carboxylic acids is 1. The quantitative estimate of drug-likeness (QED) is 0.652. The van der Waals surface area contributed by atoms with Gasteiger partial charge in [0, 0.05) is 31.0 Å². The Balaban J connectivity index is 1.36. The number of hydrogen-bond acceptors (Lipinski definition) is 3. The largest absolute Gasteiger partial charge is 0.480 e. The number of nitrogens with zero attached hydrogens (tertiary/aromatic N) is 2. The molecule has 2 aliphatic rings. The molecule has 0 aliphatic carbocycles. The zero-order valence-electron chi connectivity index (χ0n) is 17.7. The van der Waals surface area contributed by atoms with Crippen LogP contribution in [0.4, 0.5) is 11.4 Å². The Hall–Kier alpha value is -3.11. The summed E-state index contributed by atoms with van der Waals surface area (Å²) in [5.74, 6) is -0.722. The van der Waals surface area contributed by atoms with E-state index in [4.69, 9.17) is 0 Å². The highest BCUT2D eigenvalue weighted by Gasteiger charge is 2.31. The van der Waals surface area contributed by atoms with Crippen molar-refractivity contribution in [2.24, 2.45) is 0 Å². The maximum absolute atomic E-state index is 12.0. The minimum Gasteiger partial charge on any atom is -0.480 e. The molecule has 5 rings (SSSR count). The van der Waals surface area contributed by atoms with Crippen LogP contribution in [0.3, 0.4) is 0 Å². The van der Waals surface area contributed by atoms with Gasteiger partial charge in [-0.15, -0.1) is 0 Å². The Labute approximate surface area is 183 Å². The van der Waals surface area contributed by atoms with Crippen LogP contribution < -0.4 is 4.90 Å². The van der Waals surface area contributed by atoms with Gasteiger partial charge in [-0.05, 0) is 60.1 Å². The third-order valence-electron chi connectivity index (χ3n) is 6.69. The smallest absolute Gasteiger partial charge is 0.321 e. The van der Waals surface area contributed by atoms with Crippen LogP contribution in [0.15, 0.2) is 72.8 Å². The molecule has 158 valence electrons. The molecule has 0 saturated carbocycles. The fraction of sp³-hybridized carbons (Fsp3) is 0.296. The van der Waals surface area contributed by atoms with Gasteiger partial charge in [0.1, 0.15) is 6.04 Å². The maximum Gasteiger partial charge on any atom is 0.321 e. The van der Waals surface area contributed by atoms with Crippen LogP contribution in [0.2, 0.25) is 0 Å². The van der Waals surface area contributed by atoms with Gasteiger partial charge in [0.2, 0.25) is 0 Å². The van der Waals surface area contributed by atoms with Crippen LogP contribution in [0.25, 0.3) is 0 Å². The summed E-state index contributed by atoms with van der Waals surface area (Å²) in [6.45, 7) is 2.35. The van der Waals surface area contributed by atoms with Crippen molar-refractivity contribution in [3.8, 4) is 0 Å². The second-order valence-corrected chi connectivity index (χ2v) is 8.56. The van der Waals surface area contributed by atoms with Crippen LogP contribution in [0, 0.1) is 0 Å². The van der Waals surface area contributed by atoms with E-state index in [2.05, 4.69) is 70.5 Å². The second-order valence-electron chi connectivity index (χ2n) is 8.56. The van der Waals surface area contributed by atoms with E-state index in [1.165, 1.54) is 33.6 Å². The predicted octanol–water partition coefficient (Wildman–Crippen LogP) is 4.82. The number of anilines is 2. The molecule has 0 radical (unpaired) electrons. The first-order valence-electron chi connectivity index (χ1n) is 11.2. The normalized spacial score (nSPS) is 17.9. The number of aryl methyl sites for hydroxylation is 2. The average molecular weight is 413 g/mol. The van der Waals surface area contributed by atoms with E-state index in [1.807, 2.05) is 12.1 Å². The molecule has 0 spiro atoms. The van der Waals surface area contributed by atoms with Gasteiger partial charge in [-0.3, -0.25) is 9.69 Å². The van der Waals surface area contributed by atoms with E-state index >= 15 is 0 Å². The zero-order valence-corrected chi connectivity index (χ0v) is 17.7. The predicted molar refractivity (Wildman–Crippen MR) is 124 cm³/mol. The first kappa shape index (κ1) is 19.8. The molecule has 31 heavy (non-hydrogen) atoms. The molecule has 4 nitrogen and oxygen atoms in total. The highest BCUT2D eigenvalue weighted by Crippen LogP contribution is 2.36. The van der Waals surface area contributed by atoms with Crippen LogP contribution in [0.1, 0.15) is 28.7 Å². The summed E-state index contributed by atoms with van der Waals surface area (Å²) in [6, 6.07) is 25.2. The lowest BCUT2D eigenvalue weighted by atomic mass is 9.94. The molecule has 1 unspecified atom stereocenters. The minimum atomic E-state index is -0.722. The number of hydrogen-bond donors (Lipinski definition) is 1. The number of carbonyl (C=O) groups is 1. The highest BCUT2D eigenvalue weighted by atomic mass is 16.4. The fourth-order valence-corrected chi connectivity index (χ4v) is 5.10. The van der Waals surface area contributed by atoms with Gasteiger partial charge in [-0.25, -0.2) is 0 Å². The molecule has 2 heterocycles. The van der Waals surface area contributed by atoms with Crippen molar-refractivity contribution < 1.29 is 9.90 Å². The first-order chi connectivity index (χ1) is 15.2. The lowest BCUT2D eigenvalue weighted by Crippen LogP contribution is -2.46. The number of carboxylic acid groups (broad SMARTS) is 1. The number of fused-ring (bicyclic) bond motifs is 3. The molecule has 2 aliphatic heterocycles. The van der Waals surface area contributed by atoms with Crippen molar-refractivity contribution in [2.45, 2.75) is 38.3 Å². The zero-order chi connectivity index (χ0) is 21.2. The first-order valence-corrected chi connectivity index (χ1v) is 11.2. The summed E-state index contributed by atoms with van der Waals surface area (Å²) < 4.78 is 0. The SMILES string of the molecule is O=C(O)C1Cc2ccccc2CN1CCCN1c2ccccc2CCc2ccccc21. The number of benzene rings is 3. The monoisotopic (exact) mass is 412 g/mol. The van der Waals surface area contributed by atoms with Crippen molar-refractivity contribution in [3.63, 3.8) is 0 Å². The van der Waals surface area contributed by atoms with Gasteiger partial charge >= 0.3 is 5.97 Å². The van der Waals surface area contributed by atoms with E-state index in [-0.39, 0.29) is 0 Å². The topological polar surface area (TPSA) is 43.8 Å². The number of aliphatic carboxylic acids is 1. The molecule has 0 saturated heterocycles. The number of para-hydroxylation sites is 2. The van der Waals surface area contributed by atoms with E-state index in [0.717, 1.165) is 32.4 Å². The van der Waals surface area contributed by atoms with E-state index in [1.54, 1.807) is 0 Å². The summed E-state index contributed by atoms with van der Waals surface area (Å²) in [7, 11) is 0. The van der Waals surface area contributed by atoms with Gasteiger partial charge in [0.05, 0.1) is 0 Å². The van der Waals surface area contributed by atoms with E-state index < -0.39 is 12.0 Å². The van der Waals surface area contributed by atoms with Crippen molar-refractivity contribution >= 4 is 17.3 Å². The van der Waals surface area contributed by atoms with Crippen LogP contribution in [-0.4, -0.2) is 35.1 Å². The van der Waals surface area contributed by atoms with Crippen molar-refractivity contribution in [1.82, 2.24) is 4.90 Å². The van der Waals surface area contributed by atoms with Gasteiger partial charge in [0.25, 0.3) is 0 Å². The lowest BCUT2D eigenvalue weighted by Gasteiger charge is -2.35. The summed E-state index contributed by atoms with van der Waals surface area (Å²) in [6.07, 6.45) is 3.59. The third kappa shape index (κ3) is 3.96. The average Bonchev–Trinajstić information content (AvgIpc) is 2.96. The number of rotatable bonds is 5. The van der Waals surface area contributed by atoms with Gasteiger partial charge in [-0.1, -0.05) is 60.7 Å². The molecule has 4 heteroatoms. The van der Waals surface area contributed by atoms with E-state index in [0.29, 0.717) is 13.0 Å². The molecule has 0 amide bonds. The summed E-state index contributed by atoms with van der Waals surface area (Å²) in [5.41, 5.74) is 7.76. The summed E-state index contributed by atoms with van der Waals surface area (Å²) in [4.78, 5) is 16.5. The fourth-order valence-electron chi connectivity index (χ4n) is 5.10. The Morgan fingerprint density at radius 1 is 0.774 bits per heavy atom. The maximum atomic E-state index is 12.0. The molecule has 0 aromatic heterocycles. The standard InChI is InChI=1S/C27H28N2O2/c30-27(31)26-18-22-10-1-2-11-23(22)19-28(26)16-7-17-29-24-12-5-3-8-20(24)14-15-21-9-4-6-13-25(21)29/h1-6,8-13,26H,7,14-19H2,(H,30,31). The van der Waals surface area contributed by atoms with Gasteiger partial charge in [0.15, 0.2) is 0 Å². The van der Waals surface area contributed by atoms with Crippen molar-refractivity contribution in [2.75, 3.05) is 18.0 Å². The molecule has 0 fully saturated rings. The Morgan fingerprint density at radius 3 is 1.94 bits per heavy atom. The highest BCUT2D eigenvalue weighted by molar-refractivity contribution is 5.74. The van der Waals surface area contributed by atoms with Crippen LogP contribution in [-0.2, 0) is 30.6 Å². The molecular formula is C27H28N2O2. The summed E-state index contributed by atoms with van der Waals surface area (Å²) in [5, 5.41) is 9.83. The van der Waals surface area contributed by atoms with Gasteiger partial charge < -0.3 is 10.0 Å². The Kier molecular flexibility index (Phi) is 5.47. The molecule has 1 N–H and O–H groups in total. The summed E-state index contributed by atoms with van der Waals surface area (Å²) >= 11 is 0. The van der Waals surface area contributed by atoms with Crippen molar-refractivity contribution in [3.05, 3.63) is 95.1 Å². The minimum absolute atomic E-state index is 0.446. The van der Waals surface area contributed by atoms with Crippen molar-refractivity contribution in [1.29, 1.82) is 0 Å². The van der Waals surface area contributed by atoms with Crippen LogP contribution in [0.5, 0.6) is 0 Å². The molecule has 0 bridgehead atoms. The molecule has 3 aromatic rings. The van der Waals surface area contributed by atoms with Gasteiger partial charge in [-0.2, -0.15) is 0 Å². The third-order valence-corrected chi connectivity index (χ3v) is 6.69. The Bertz CT molecular complexity index is 1050. The second kappa shape index (κ2) is 8.56.